The van der Waals surface area contributed by atoms with Crippen LogP contribution in [0.2, 0.25) is 5.02 Å². The van der Waals surface area contributed by atoms with E-state index in [-0.39, 0.29) is 6.04 Å². The lowest BCUT2D eigenvalue weighted by molar-refractivity contribution is 0.446. The molecular weight excluding hydrogens is 309 g/mol. The number of rotatable bonds is 5. The Morgan fingerprint density at radius 3 is 3.00 bits per heavy atom. The Balaban J connectivity index is 2.03. The lowest BCUT2D eigenvalue weighted by atomic mass is 10.2. The average molecular weight is 324 g/mol. The first-order valence-corrected chi connectivity index (χ1v) is 7.71. The van der Waals surface area contributed by atoms with E-state index in [1.165, 1.54) is 0 Å². The van der Waals surface area contributed by atoms with Crippen molar-refractivity contribution in [2.75, 3.05) is 5.88 Å². The van der Waals surface area contributed by atoms with E-state index in [1.54, 1.807) is 12.5 Å². The molecule has 0 radical (unpaired) electrons. The molecule has 21 heavy (non-hydrogen) atoms. The van der Waals surface area contributed by atoms with Gasteiger partial charge in [0, 0.05) is 31.0 Å². The van der Waals surface area contributed by atoms with Gasteiger partial charge in [-0.2, -0.15) is 0 Å². The normalized spacial score (nSPS) is 12.9. The van der Waals surface area contributed by atoms with Gasteiger partial charge in [-0.15, -0.1) is 11.6 Å². The summed E-state index contributed by atoms with van der Waals surface area (Å²) in [7, 11) is 0. The molecule has 0 aliphatic heterocycles. The summed E-state index contributed by atoms with van der Waals surface area (Å²) in [5.74, 6) is 2.38. The minimum absolute atomic E-state index is 0.174. The van der Waals surface area contributed by atoms with E-state index in [0.29, 0.717) is 17.3 Å². The maximum absolute atomic E-state index is 6.00. The Morgan fingerprint density at radius 2 is 2.29 bits per heavy atom. The molecule has 3 heterocycles. The van der Waals surface area contributed by atoms with E-state index in [9.17, 15) is 0 Å². The average Bonchev–Trinajstić information content (AvgIpc) is 3.05. The van der Waals surface area contributed by atoms with Crippen molar-refractivity contribution in [3.05, 3.63) is 47.3 Å². The number of imidazole rings is 1. The predicted octanol–water partition coefficient (Wildman–Crippen LogP) is 4.26. The van der Waals surface area contributed by atoms with Gasteiger partial charge in [0.15, 0.2) is 5.65 Å². The highest BCUT2D eigenvalue weighted by molar-refractivity contribution is 6.31. The maximum Gasteiger partial charge on any atom is 0.160 e. The van der Waals surface area contributed by atoms with Crippen LogP contribution in [0.15, 0.2) is 35.1 Å². The number of furan rings is 1. The van der Waals surface area contributed by atoms with Gasteiger partial charge in [-0.3, -0.25) is 0 Å². The molecule has 0 aliphatic rings. The third-order valence-electron chi connectivity index (χ3n) is 3.41. The van der Waals surface area contributed by atoms with Gasteiger partial charge in [-0.25, -0.2) is 9.97 Å². The van der Waals surface area contributed by atoms with Crippen LogP contribution < -0.4 is 0 Å². The first-order valence-electron chi connectivity index (χ1n) is 6.79. The molecule has 0 N–H and O–H groups in total. The molecule has 0 saturated heterocycles. The third kappa shape index (κ3) is 2.92. The number of alkyl halides is 1. The van der Waals surface area contributed by atoms with Crippen LogP contribution in [0, 0.1) is 0 Å². The van der Waals surface area contributed by atoms with Gasteiger partial charge in [0.05, 0.1) is 11.3 Å². The fraction of sp³-hybridized carbons (Fsp3) is 0.333. The van der Waals surface area contributed by atoms with Gasteiger partial charge < -0.3 is 8.98 Å². The van der Waals surface area contributed by atoms with Crippen molar-refractivity contribution < 1.29 is 4.42 Å². The molecule has 0 amide bonds. The van der Waals surface area contributed by atoms with E-state index in [2.05, 4.69) is 21.5 Å². The van der Waals surface area contributed by atoms with Gasteiger partial charge in [0.25, 0.3) is 0 Å². The molecule has 1 unspecified atom stereocenters. The SMILES string of the molecule is CC(Cc1ccco1)n1c(CCCl)nc2cc(Cl)cnc21. The summed E-state index contributed by atoms with van der Waals surface area (Å²) in [4.78, 5) is 9.04. The Kier molecular flexibility index (Phi) is 4.17. The highest BCUT2D eigenvalue weighted by Crippen LogP contribution is 2.24. The number of hydrogen-bond donors (Lipinski definition) is 0. The lowest BCUT2D eigenvalue weighted by Crippen LogP contribution is -2.12. The molecule has 6 heteroatoms. The van der Waals surface area contributed by atoms with E-state index in [0.717, 1.165) is 29.2 Å². The maximum atomic E-state index is 6.00. The zero-order chi connectivity index (χ0) is 14.8. The van der Waals surface area contributed by atoms with Gasteiger partial charge in [-0.05, 0) is 25.1 Å². The summed E-state index contributed by atoms with van der Waals surface area (Å²) in [5, 5.41) is 0.586. The first kappa shape index (κ1) is 14.4. The van der Waals surface area contributed by atoms with Gasteiger partial charge in [0.1, 0.15) is 17.1 Å². The summed E-state index contributed by atoms with van der Waals surface area (Å²) in [6.07, 6.45) is 4.80. The Bertz CT molecular complexity index is 737. The van der Waals surface area contributed by atoms with Crippen molar-refractivity contribution >= 4 is 34.4 Å². The summed E-state index contributed by atoms with van der Waals surface area (Å²) in [6, 6.07) is 5.87. The molecule has 3 aromatic heterocycles. The predicted molar refractivity (Wildman–Crippen MR) is 84.1 cm³/mol. The van der Waals surface area contributed by atoms with Crippen molar-refractivity contribution in [1.29, 1.82) is 0 Å². The van der Waals surface area contributed by atoms with Crippen molar-refractivity contribution in [1.82, 2.24) is 14.5 Å². The number of fused-ring (bicyclic) bond motifs is 1. The standard InChI is InChI=1S/C15H15Cl2N3O/c1-10(7-12-3-2-6-21-12)20-14(4-5-16)19-13-8-11(17)9-18-15(13)20/h2-3,6,8-10H,4-5,7H2,1H3. The van der Waals surface area contributed by atoms with Gasteiger partial charge >= 0.3 is 0 Å². The molecule has 3 aromatic rings. The van der Waals surface area contributed by atoms with E-state index >= 15 is 0 Å². The van der Waals surface area contributed by atoms with Crippen molar-refractivity contribution in [2.24, 2.45) is 0 Å². The number of nitrogens with zero attached hydrogens (tertiary/aromatic N) is 3. The van der Waals surface area contributed by atoms with Crippen LogP contribution in [0.4, 0.5) is 0 Å². The first-order chi connectivity index (χ1) is 10.2. The minimum Gasteiger partial charge on any atom is -0.469 e. The number of hydrogen-bond acceptors (Lipinski definition) is 3. The third-order valence-corrected chi connectivity index (χ3v) is 3.80. The van der Waals surface area contributed by atoms with Gasteiger partial charge in [-0.1, -0.05) is 11.6 Å². The largest absolute Gasteiger partial charge is 0.469 e. The van der Waals surface area contributed by atoms with Crippen LogP contribution in [0.3, 0.4) is 0 Å². The second kappa shape index (κ2) is 6.08. The number of aryl methyl sites for hydroxylation is 1. The van der Waals surface area contributed by atoms with Crippen LogP contribution in [0.1, 0.15) is 24.6 Å². The summed E-state index contributed by atoms with van der Waals surface area (Å²) in [5.41, 5.74) is 1.63. The van der Waals surface area contributed by atoms with Crippen molar-refractivity contribution in [2.45, 2.75) is 25.8 Å². The summed E-state index contributed by atoms with van der Waals surface area (Å²) >= 11 is 11.9. The molecule has 4 nitrogen and oxygen atoms in total. The molecule has 110 valence electrons. The molecule has 1 atom stereocenters. The number of aromatic nitrogens is 3. The molecule has 3 rings (SSSR count). The van der Waals surface area contributed by atoms with Crippen LogP contribution in [0.5, 0.6) is 0 Å². The highest BCUT2D eigenvalue weighted by atomic mass is 35.5. The topological polar surface area (TPSA) is 43.9 Å². The lowest BCUT2D eigenvalue weighted by Gasteiger charge is -2.15. The van der Waals surface area contributed by atoms with Crippen molar-refractivity contribution in [3.8, 4) is 0 Å². The Morgan fingerprint density at radius 1 is 1.43 bits per heavy atom. The van der Waals surface area contributed by atoms with Crippen LogP contribution >= 0.6 is 23.2 Å². The molecule has 0 aliphatic carbocycles. The summed E-state index contributed by atoms with van der Waals surface area (Å²) in [6.45, 7) is 2.12. The molecule has 0 aromatic carbocycles. The van der Waals surface area contributed by atoms with E-state index in [1.807, 2.05) is 18.2 Å². The van der Waals surface area contributed by atoms with Crippen LogP contribution in [-0.2, 0) is 12.8 Å². The van der Waals surface area contributed by atoms with Crippen LogP contribution in [-0.4, -0.2) is 20.4 Å². The fourth-order valence-corrected chi connectivity index (χ4v) is 2.86. The molecule has 0 fully saturated rings. The smallest absolute Gasteiger partial charge is 0.160 e. The quantitative estimate of drug-likeness (QED) is 0.659. The molecular formula is C15H15Cl2N3O. The summed E-state index contributed by atoms with van der Waals surface area (Å²) < 4.78 is 7.55. The van der Waals surface area contributed by atoms with E-state index < -0.39 is 0 Å². The molecule has 0 saturated carbocycles. The van der Waals surface area contributed by atoms with Crippen molar-refractivity contribution in [3.63, 3.8) is 0 Å². The second-order valence-electron chi connectivity index (χ2n) is 4.97. The minimum atomic E-state index is 0.174. The zero-order valence-electron chi connectivity index (χ0n) is 11.6. The Labute approximate surface area is 132 Å². The van der Waals surface area contributed by atoms with E-state index in [4.69, 9.17) is 27.6 Å². The highest BCUT2D eigenvalue weighted by Gasteiger charge is 2.18. The number of halogens is 2. The zero-order valence-corrected chi connectivity index (χ0v) is 13.1. The fourth-order valence-electron chi connectivity index (χ4n) is 2.54. The Hall–Kier alpha value is -1.52. The second-order valence-corrected chi connectivity index (χ2v) is 5.78. The number of pyridine rings is 1. The van der Waals surface area contributed by atoms with Crippen LogP contribution in [0.25, 0.3) is 11.2 Å². The monoisotopic (exact) mass is 323 g/mol. The van der Waals surface area contributed by atoms with Gasteiger partial charge in [0.2, 0.25) is 0 Å². The molecule has 0 bridgehead atoms. The molecule has 0 spiro atoms.